The molecule has 0 saturated carbocycles. The fraction of sp³-hybridized carbons (Fsp3) is 0.280. The Kier molecular flexibility index (Phi) is 5.75. The number of piperazine rings is 1. The molecule has 0 bridgehead atoms. The molecule has 0 N–H and O–H groups in total. The van der Waals surface area contributed by atoms with Gasteiger partial charge in [0.15, 0.2) is 6.10 Å². The second kappa shape index (κ2) is 8.73. The molecule has 0 unspecified atom stereocenters. The molecule has 3 aromatic rings. The van der Waals surface area contributed by atoms with Crippen molar-refractivity contribution in [1.29, 1.82) is 0 Å². The van der Waals surface area contributed by atoms with Crippen molar-refractivity contribution in [2.45, 2.75) is 17.9 Å². The van der Waals surface area contributed by atoms with Crippen LogP contribution in [0.1, 0.15) is 6.92 Å². The fourth-order valence-electron chi connectivity index (χ4n) is 4.49. The van der Waals surface area contributed by atoms with Gasteiger partial charge in [0.25, 0.3) is 5.91 Å². The first-order chi connectivity index (χ1) is 16.3. The Balaban J connectivity index is 1.28. The lowest BCUT2D eigenvalue weighted by atomic mass is 10.1. The lowest BCUT2D eigenvalue weighted by Crippen LogP contribution is -2.56. The van der Waals surface area contributed by atoms with Crippen molar-refractivity contribution in [2.24, 2.45) is 0 Å². The molecule has 5 rings (SSSR count). The second-order valence-electron chi connectivity index (χ2n) is 8.44. The van der Waals surface area contributed by atoms with Gasteiger partial charge in [0.2, 0.25) is 15.9 Å². The number of ether oxygens (including phenoxy) is 1. The number of carbonyl (C=O) groups excluding carboxylic acids is 2. The Morgan fingerprint density at radius 1 is 0.882 bits per heavy atom. The fourth-order valence-corrected chi connectivity index (χ4v) is 5.95. The van der Waals surface area contributed by atoms with E-state index in [1.54, 1.807) is 46.2 Å². The first-order valence-corrected chi connectivity index (χ1v) is 12.6. The quantitative estimate of drug-likeness (QED) is 0.576. The van der Waals surface area contributed by atoms with Crippen LogP contribution in [-0.4, -0.2) is 68.3 Å². The zero-order valence-corrected chi connectivity index (χ0v) is 19.6. The van der Waals surface area contributed by atoms with E-state index >= 15 is 0 Å². The third kappa shape index (κ3) is 4.01. The molecule has 8 nitrogen and oxygen atoms in total. The molecule has 9 heteroatoms. The van der Waals surface area contributed by atoms with Gasteiger partial charge >= 0.3 is 0 Å². The summed E-state index contributed by atoms with van der Waals surface area (Å²) in [6, 6.07) is 19.9. The molecule has 3 aromatic carbocycles. The average molecular weight is 480 g/mol. The van der Waals surface area contributed by atoms with Gasteiger partial charge in [0, 0.05) is 33.1 Å². The zero-order valence-electron chi connectivity index (χ0n) is 18.8. The summed E-state index contributed by atoms with van der Waals surface area (Å²) in [4.78, 5) is 28.8. The van der Waals surface area contributed by atoms with E-state index in [-0.39, 0.29) is 49.4 Å². The van der Waals surface area contributed by atoms with Gasteiger partial charge in [-0.1, -0.05) is 42.5 Å². The highest BCUT2D eigenvalue weighted by Gasteiger charge is 2.37. The maximum absolute atomic E-state index is 13.2. The Hall–Kier alpha value is -3.43. The van der Waals surface area contributed by atoms with Crippen LogP contribution in [0.15, 0.2) is 71.6 Å². The van der Waals surface area contributed by atoms with Gasteiger partial charge in [-0.05, 0) is 35.0 Å². The normalized spacial score (nSPS) is 18.9. The summed E-state index contributed by atoms with van der Waals surface area (Å²) >= 11 is 0. The molecule has 1 fully saturated rings. The molecule has 176 valence electrons. The minimum Gasteiger partial charge on any atom is -0.476 e. The van der Waals surface area contributed by atoms with Crippen LogP contribution in [0.25, 0.3) is 10.8 Å². The molecule has 1 saturated heterocycles. The summed E-state index contributed by atoms with van der Waals surface area (Å²) in [6.45, 7) is 2.49. The number of anilines is 1. The molecule has 2 aliphatic heterocycles. The van der Waals surface area contributed by atoms with Crippen molar-refractivity contribution in [2.75, 3.05) is 37.6 Å². The summed E-state index contributed by atoms with van der Waals surface area (Å²) in [6.07, 6.45) is -0.831. The van der Waals surface area contributed by atoms with E-state index in [0.29, 0.717) is 11.4 Å². The van der Waals surface area contributed by atoms with Crippen molar-refractivity contribution < 1.29 is 22.7 Å². The maximum Gasteiger partial charge on any atom is 0.265 e. The predicted molar refractivity (Wildman–Crippen MR) is 128 cm³/mol. The molecule has 1 atom stereocenters. The Bertz CT molecular complexity index is 1370. The molecule has 0 aliphatic carbocycles. The third-order valence-electron chi connectivity index (χ3n) is 6.34. The van der Waals surface area contributed by atoms with Crippen molar-refractivity contribution in [1.82, 2.24) is 9.21 Å². The highest BCUT2D eigenvalue weighted by atomic mass is 32.2. The van der Waals surface area contributed by atoms with Crippen LogP contribution in [0.2, 0.25) is 0 Å². The number of amides is 2. The molecule has 0 aromatic heterocycles. The van der Waals surface area contributed by atoms with E-state index < -0.39 is 16.1 Å². The Labute approximate surface area is 198 Å². The van der Waals surface area contributed by atoms with Crippen LogP contribution in [-0.2, 0) is 19.6 Å². The van der Waals surface area contributed by atoms with Crippen LogP contribution in [0.3, 0.4) is 0 Å². The number of sulfonamides is 1. The molecule has 0 spiro atoms. The molecule has 2 aliphatic rings. The molecular weight excluding hydrogens is 454 g/mol. The number of benzene rings is 3. The van der Waals surface area contributed by atoms with E-state index in [0.717, 1.165) is 10.8 Å². The minimum atomic E-state index is -3.68. The highest BCUT2D eigenvalue weighted by molar-refractivity contribution is 7.89. The van der Waals surface area contributed by atoms with Gasteiger partial charge in [0.05, 0.1) is 17.1 Å². The van der Waals surface area contributed by atoms with Crippen LogP contribution in [0.4, 0.5) is 5.69 Å². The maximum atomic E-state index is 13.2. The number of hydrogen-bond acceptors (Lipinski definition) is 5. The summed E-state index contributed by atoms with van der Waals surface area (Å²) in [5.74, 6) is 0.0724. The highest BCUT2D eigenvalue weighted by Crippen LogP contribution is 2.33. The van der Waals surface area contributed by atoms with Crippen LogP contribution in [0.5, 0.6) is 5.75 Å². The molecule has 0 radical (unpaired) electrons. The Morgan fingerprint density at radius 2 is 1.56 bits per heavy atom. The van der Waals surface area contributed by atoms with Gasteiger partial charge in [-0.2, -0.15) is 4.31 Å². The van der Waals surface area contributed by atoms with E-state index in [1.165, 1.54) is 11.2 Å². The first kappa shape index (κ1) is 22.4. The van der Waals surface area contributed by atoms with Crippen molar-refractivity contribution in [3.8, 4) is 5.75 Å². The summed E-state index contributed by atoms with van der Waals surface area (Å²) in [5.41, 5.74) is 0.644. The first-order valence-electron chi connectivity index (χ1n) is 11.2. The van der Waals surface area contributed by atoms with Crippen molar-refractivity contribution >= 4 is 38.3 Å². The lowest BCUT2D eigenvalue weighted by Gasteiger charge is -2.38. The van der Waals surface area contributed by atoms with Crippen LogP contribution < -0.4 is 9.64 Å². The van der Waals surface area contributed by atoms with E-state index in [4.69, 9.17) is 4.74 Å². The number of nitrogens with zero attached hydrogens (tertiary/aromatic N) is 3. The van der Waals surface area contributed by atoms with Crippen LogP contribution in [0, 0.1) is 0 Å². The standard InChI is InChI=1S/C25H25N3O5S/c1-18(29)28-17-24(33-23-9-5-4-8-22(23)28)25(30)26-12-14-27(15-13-26)34(31,32)21-11-10-19-6-2-3-7-20(19)16-21/h2-11,16,24H,12-15,17H2,1H3/t24-/m0/s1. The largest absolute Gasteiger partial charge is 0.476 e. The molecular formula is C25H25N3O5S. The monoisotopic (exact) mass is 479 g/mol. The number of fused-ring (bicyclic) bond motifs is 2. The van der Waals surface area contributed by atoms with Crippen molar-refractivity contribution in [3.05, 3.63) is 66.7 Å². The molecule has 34 heavy (non-hydrogen) atoms. The average Bonchev–Trinajstić information content (AvgIpc) is 2.87. The van der Waals surface area contributed by atoms with Gasteiger partial charge in [-0.3, -0.25) is 9.59 Å². The van der Waals surface area contributed by atoms with Gasteiger partial charge < -0.3 is 14.5 Å². The SMILES string of the molecule is CC(=O)N1C[C@@H](C(=O)N2CCN(S(=O)(=O)c3ccc4ccccc4c3)CC2)Oc2ccccc21. The van der Waals surface area contributed by atoms with Gasteiger partial charge in [-0.15, -0.1) is 0 Å². The smallest absolute Gasteiger partial charge is 0.265 e. The van der Waals surface area contributed by atoms with Crippen LogP contribution >= 0.6 is 0 Å². The minimum absolute atomic E-state index is 0.126. The number of rotatable bonds is 3. The number of para-hydroxylation sites is 2. The van der Waals surface area contributed by atoms with Crippen molar-refractivity contribution in [3.63, 3.8) is 0 Å². The number of carbonyl (C=O) groups is 2. The molecule has 2 heterocycles. The summed E-state index contributed by atoms with van der Waals surface area (Å²) in [5, 5.41) is 1.84. The number of hydrogen-bond donors (Lipinski definition) is 0. The van der Waals surface area contributed by atoms with Gasteiger partial charge in [-0.25, -0.2) is 8.42 Å². The molecule has 2 amide bonds. The van der Waals surface area contributed by atoms with E-state index in [1.807, 2.05) is 30.3 Å². The van der Waals surface area contributed by atoms with Gasteiger partial charge in [0.1, 0.15) is 5.75 Å². The Morgan fingerprint density at radius 3 is 2.29 bits per heavy atom. The summed E-state index contributed by atoms with van der Waals surface area (Å²) in [7, 11) is -3.68. The van der Waals surface area contributed by atoms with E-state index in [9.17, 15) is 18.0 Å². The van der Waals surface area contributed by atoms with E-state index in [2.05, 4.69) is 0 Å². The predicted octanol–water partition coefficient (Wildman–Crippen LogP) is 2.49. The zero-order chi connectivity index (χ0) is 23.9. The lowest BCUT2D eigenvalue weighted by molar-refractivity contribution is -0.140. The topological polar surface area (TPSA) is 87.2 Å². The summed E-state index contributed by atoms with van der Waals surface area (Å²) < 4.78 is 33.8. The third-order valence-corrected chi connectivity index (χ3v) is 8.23. The second-order valence-corrected chi connectivity index (χ2v) is 10.4.